The van der Waals surface area contributed by atoms with E-state index in [-0.39, 0.29) is 17.9 Å². The van der Waals surface area contributed by atoms with Crippen LogP contribution in [0.4, 0.5) is 22.0 Å². The minimum absolute atomic E-state index is 0.102. The molecule has 3 nitrogen and oxygen atoms in total. The second-order valence-electron chi connectivity index (χ2n) is 6.62. The molecule has 8 heteroatoms. The highest BCUT2D eigenvalue weighted by Gasteiger charge is 2.67. The molecular weight excluding hydrogens is 335 g/mol. The van der Waals surface area contributed by atoms with E-state index >= 15 is 0 Å². The summed E-state index contributed by atoms with van der Waals surface area (Å²) < 4.78 is 74.9. The lowest BCUT2D eigenvalue weighted by atomic mass is 10.1. The van der Waals surface area contributed by atoms with Crippen molar-refractivity contribution in [1.29, 1.82) is 0 Å². The SMILES string of the molecule is CC1(C)[C@H](C(=O)OC2COc3c2cccc3C(F)(F)F)[C@H]1C(F)F. The third-order valence-electron chi connectivity index (χ3n) is 4.77. The lowest BCUT2D eigenvalue weighted by molar-refractivity contribution is -0.153. The Morgan fingerprint density at radius 1 is 1.33 bits per heavy atom. The van der Waals surface area contributed by atoms with Gasteiger partial charge in [-0.1, -0.05) is 26.0 Å². The Bertz CT molecular complexity index is 668. The molecule has 24 heavy (non-hydrogen) atoms. The van der Waals surface area contributed by atoms with Gasteiger partial charge in [0.05, 0.1) is 11.5 Å². The van der Waals surface area contributed by atoms with Gasteiger partial charge in [0.2, 0.25) is 6.43 Å². The molecule has 1 aromatic carbocycles. The predicted octanol–water partition coefficient (Wildman–Crippen LogP) is 4.22. The van der Waals surface area contributed by atoms with Gasteiger partial charge in [-0.25, -0.2) is 8.78 Å². The Hall–Kier alpha value is -1.86. The highest BCUT2D eigenvalue weighted by Crippen LogP contribution is 2.61. The number of rotatable bonds is 3. The zero-order valence-corrected chi connectivity index (χ0v) is 12.9. The molecule has 1 heterocycles. The number of esters is 1. The number of para-hydroxylation sites is 1. The molecule has 2 aliphatic rings. The molecule has 1 unspecified atom stereocenters. The lowest BCUT2D eigenvalue weighted by Gasteiger charge is -2.13. The fraction of sp³-hybridized carbons (Fsp3) is 0.562. The monoisotopic (exact) mass is 350 g/mol. The van der Waals surface area contributed by atoms with E-state index in [4.69, 9.17) is 9.47 Å². The zero-order valence-electron chi connectivity index (χ0n) is 12.9. The number of hydrogen-bond donors (Lipinski definition) is 0. The maximum absolute atomic E-state index is 12.9. The first kappa shape index (κ1) is 17.0. The number of carbonyl (C=O) groups excluding carboxylic acids is 1. The molecule has 1 aliphatic heterocycles. The second-order valence-corrected chi connectivity index (χ2v) is 6.62. The van der Waals surface area contributed by atoms with Crippen molar-refractivity contribution >= 4 is 5.97 Å². The Kier molecular flexibility index (Phi) is 3.77. The van der Waals surface area contributed by atoms with Crippen LogP contribution in [-0.2, 0) is 15.7 Å². The van der Waals surface area contributed by atoms with Crippen molar-refractivity contribution in [2.45, 2.75) is 32.6 Å². The van der Waals surface area contributed by atoms with Crippen LogP contribution in [0, 0.1) is 17.3 Å². The molecule has 0 aromatic heterocycles. The van der Waals surface area contributed by atoms with Gasteiger partial charge in [0, 0.05) is 11.5 Å². The number of alkyl halides is 5. The van der Waals surface area contributed by atoms with Crippen LogP contribution in [0.25, 0.3) is 0 Å². The third-order valence-corrected chi connectivity index (χ3v) is 4.77. The first-order valence-electron chi connectivity index (χ1n) is 7.36. The summed E-state index contributed by atoms with van der Waals surface area (Å²) in [5.74, 6) is -3.27. The van der Waals surface area contributed by atoms with Gasteiger partial charge in [-0.15, -0.1) is 0 Å². The van der Waals surface area contributed by atoms with Crippen LogP contribution in [0.1, 0.15) is 31.1 Å². The Morgan fingerprint density at radius 3 is 2.54 bits per heavy atom. The molecule has 0 saturated heterocycles. The van der Waals surface area contributed by atoms with E-state index < -0.39 is 47.5 Å². The molecule has 0 spiro atoms. The van der Waals surface area contributed by atoms with Crippen LogP contribution < -0.4 is 4.74 Å². The smallest absolute Gasteiger partial charge is 0.419 e. The number of carbonyl (C=O) groups is 1. The van der Waals surface area contributed by atoms with Gasteiger partial charge in [-0.05, 0) is 11.5 Å². The molecule has 1 saturated carbocycles. The summed E-state index contributed by atoms with van der Waals surface area (Å²) in [5, 5.41) is 0. The highest BCUT2D eigenvalue weighted by atomic mass is 19.4. The molecule has 1 fully saturated rings. The van der Waals surface area contributed by atoms with E-state index in [1.807, 2.05) is 0 Å². The van der Waals surface area contributed by atoms with E-state index in [0.29, 0.717) is 0 Å². The fourth-order valence-corrected chi connectivity index (χ4v) is 3.35. The van der Waals surface area contributed by atoms with Crippen molar-refractivity contribution in [3.8, 4) is 5.75 Å². The van der Waals surface area contributed by atoms with E-state index in [2.05, 4.69) is 0 Å². The predicted molar refractivity (Wildman–Crippen MR) is 72.5 cm³/mol. The van der Waals surface area contributed by atoms with E-state index in [9.17, 15) is 26.7 Å². The second kappa shape index (κ2) is 5.32. The lowest BCUT2D eigenvalue weighted by Crippen LogP contribution is -2.16. The maximum atomic E-state index is 12.9. The standard InChI is InChI=1S/C16H15F5O3/c1-15(2)10(13(17)18)11(15)14(22)24-9-6-23-12-7(9)4-3-5-8(12)16(19,20)21/h3-5,9-11,13H,6H2,1-2H3/t9?,10-,11-/m0/s1. The van der Waals surface area contributed by atoms with Crippen molar-refractivity contribution in [2.75, 3.05) is 6.61 Å². The highest BCUT2D eigenvalue weighted by molar-refractivity contribution is 5.78. The quantitative estimate of drug-likeness (QED) is 0.605. The Labute approximate surface area is 134 Å². The Morgan fingerprint density at radius 2 is 2.00 bits per heavy atom. The average Bonchev–Trinajstić information content (AvgIpc) is 2.84. The molecule has 0 radical (unpaired) electrons. The molecule has 3 atom stereocenters. The van der Waals surface area contributed by atoms with Gasteiger partial charge in [0.15, 0.2) is 6.10 Å². The minimum atomic E-state index is -4.59. The summed E-state index contributed by atoms with van der Waals surface area (Å²) in [6.45, 7) is 2.81. The summed E-state index contributed by atoms with van der Waals surface area (Å²) in [5.41, 5.74) is -1.73. The van der Waals surface area contributed by atoms with Crippen molar-refractivity contribution in [1.82, 2.24) is 0 Å². The van der Waals surface area contributed by atoms with Gasteiger partial charge in [0.25, 0.3) is 0 Å². The molecule has 3 rings (SSSR count). The largest absolute Gasteiger partial charge is 0.488 e. The first-order chi connectivity index (χ1) is 11.0. The summed E-state index contributed by atoms with van der Waals surface area (Å²) in [4.78, 5) is 12.2. The average molecular weight is 350 g/mol. The number of fused-ring (bicyclic) bond motifs is 1. The van der Waals surface area contributed by atoms with Crippen LogP contribution in [0.5, 0.6) is 5.75 Å². The molecule has 1 aliphatic carbocycles. The number of benzene rings is 1. The normalized spacial score (nSPS) is 27.6. The molecule has 0 amide bonds. The number of halogens is 5. The fourth-order valence-electron chi connectivity index (χ4n) is 3.35. The molecule has 1 aromatic rings. The summed E-state index contributed by atoms with van der Waals surface area (Å²) in [6.07, 6.45) is -8.27. The summed E-state index contributed by atoms with van der Waals surface area (Å²) in [6, 6.07) is 3.44. The zero-order chi connectivity index (χ0) is 17.9. The molecule has 0 bridgehead atoms. The first-order valence-corrected chi connectivity index (χ1v) is 7.36. The molecule has 132 valence electrons. The van der Waals surface area contributed by atoms with E-state index in [1.165, 1.54) is 26.0 Å². The molecular formula is C16H15F5O3. The van der Waals surface area contributed by atoms with Gasteiger partial charge >= 0.3 is 12.1 Å². The summed E-state index contributed by atoms with van der Waals surface area (Å²) >= 11 is 0. The Balaban J connectivity index is 1.78. The van der Waals surface area contributed by atoms with Gasteiger partial charge in [-0.2, -0.15) is 13.2 Å². The van der Waals surface area contributed by atoms with Gasteiger partial charge in [0.1, 0.15) is 12.4 Å². The van der Waals surface area contributed by atoms with E-state index in [0.717, 1.165) is 6.07 Å². The van der Waals surface area contributed by atoms with Gasteiger partial charge in [-0.3, -0.25) is 4.79 Å². The summed E-state index contributed by atoms with van der Waals surface area (Å²) in [7, 11) is 0. The van der Waals surface area contributed by atoms with Crippen LogP contribution >= 0.6 is 0 Å². The number of ether oxygens (including phenoxy) is 2. The van der Waals surface area contributed by atoms with Crippen LogP contribution in [0.15, 0.2) is 18.2 Å². The van der Waals surface area contributed by atoms with Crippen molar-refractivity contribution in [3.63, 3.8) is 0 Å². The van der Waals surface area contributed by atoms with Crippen LogP contribution in [0.3, 0.4) is 0 Å². The van der Waals surface area contributed by atoms with Crippen molar-refractivity contribution < 1.29 is 36.2 Å². The van der Waals surface area contributed by atoms with Crippen LogP contribution in [-0.4, -0.2) is 19.0 Å². The maximum Gasteiger partial charge on any atom is 0.419 e. The van der Waals surface area contributed by atoms with E-state index in [1.54, 1.807) is 0 Å². The topological polar surface area (TPSA) is 35.5 Å². The van der Waals surface area contributed by atoms with Crippen molar-refractivity contribution in [3.05, 3.63) is 29.3 Å². The van der Waals surface area contributed by atoms with Crippen LogP contribution in [0.2, 0.25) is 0 Å². The molecule has 0 N–H and O–H groups in total. The third kappa shape index (κ3) is 2.61. The van der Waals surface area contributed by atoms with Gasteiger partial charge < -0.3 is 9.47 Å². The minimum Gasteiger partial charge on any atom is -0.488 e. The number of hydrogen-bond acceptors (Lipinski definition) is 3. The van der Waals surface area contributed by atoms with Crippen molar-refractivity contribution in [2.24, 2.45) is 17.3 Å².